The van der Waals surface area contributed by atoms with Crippen molar-refractivity contribution in [2.75, 3.05) is 6.54 Å². The highest BCUT2D eigenvalue weighted by molar-refractivity contribution is 5.41. The number of nitrogens with zero attached hydrogens (tertiary/aromatic N) is 3. The fourth-order valence-electron chi connectivity index (χ4n) is 1.59. The molecule has 0 radical (unpaired) electrons. The van der Waals surface area contributed by atoms with Gasteiger partial charge in [-0.1, -0.05) is 6.92 Å². The van der Waals surface area contributed by atoms with Gasteiger partial charge in [0.1, 0.15) is 0 Å². The van der Waals surface area contributed by atoms with Gasteiger partial charge in [0, 0.05) is 12.1 Å². The Morgan fingerprint density at radius 3 is 1.22 bits per heavy atom. The SMILES string of the molecule is CC(C)N=C=NC(C)C.CCN(C(C)C)C(C)C. The third-order valence-corrected chi connectivity index (χ3v) is 2.32. The van der Waals surface area contributed by atoms with Gasteiger partial charge in [-0.05, 0) is 61.9 Å². The highest BCUT2D eigenvalue weighted by Gasteiger charge is 2.08. The number of hydrogen-bond donors (Lipinski definition) is 0. The van der Waals surface area contributed by atoms with E-state index >= 15 is 0 Å². The second-order valence-corrected chi connectivity index (χ2v) is 5.56. The molecule has 0 aromatic carbocycles. The summed E-state index contributed by atoms with van der Waals surface area (Å²) in [5, 5.41) is 0. The molecule has 0 aliphatic heterocycles. The van der Waals surface area contributed by atoms with Crippen molar-refractivity contribution in [3.8, 4) is 0 Å². The molecular weight excluding hydrogens is 222 g/mol. The first kappa shape index (κ1) is 19.7. The van der Waals surface area contributed by atoms with Crippen molar-refractivity contribution in [2.45, 2.75) is 86.5 Å². The summed E-state index contributed by atoms with van der Waals surface area (Å²) in [5.74, 6) is 0. The summed E-state index contributed by atoms with van der Waals surface area (Å²) in [5.41, 5.74) is 0. The van der Waals surface area contributed by atoms with Crippen LogP contribution in [0.5, 0.6) is 0 Å². The molecule has 3 heteroatoms. The van der Waals surface area contributed by atoms with Crippen LogP contribution in [-0.4, -0.2) is 41.6 Å². The Balaban J connectivity index is 0. The fraction of sp³-hybridized carbons (Fsp3) is 0.933. The highest BCUT2D eigenvalue weighted by atomic mass is 15.2. The van der Waals surface area contributed by atoms with E-state index in [0.29, 0.717) is 24.2 Å². The molecule has 0 spiro atoms. The summed E-state index contributed by atoms with van der Waals surface area (Å²) in [6.45, 7) is 20.3. The minimum atomic E-state index is 0.312. The standard InChI is InChI=1S/C8H19N.C7H14N2/c1-6-9(7(2)3)8(4)5;1-6(2)8-5-9-7(3)4/h7-8H,6H2,1-5H3;6-7H,1-4H3. The number of rotatable bonds is 5. The summed E-state index contributed by atoms with van der Waals surface area (Å²) in [6.07, 6.45) is 0. The molecule has 0 bridgehead atoms. The van der Waals surface area contributed by atoms with Gasteiger partial charge in [-0.3, -0.25) is 4.90 Å². The maximum atomic E-state index is 3.95. The van der Waals surface area contributed by atoms with Crippen molar-refractivity contribution in [1.82, 2.24) is 4.90 Å². The third-order valence-electron chi connectivity index (χ3n) is 2.32. The van der Waals surface area contributed by atoms with E-state index in [1.807, 2.05) is 27.7 Å². The normalized spacial score (nSPS) is 10.8. The van der Waals surface area contributed by atoms with E-state index in [-0.39, 0.29) is 0 Å². The molecule has 0 aromatic rings. The quantitative estimate of drug-likeness (QED) is 0.680. The van der Waals surface area contributed by atoms with Crippen LogP contribution in [-0.2, 0) is 0 Å². The molecule has 0 atom stereocenters. The molecule has 0 fully saturated rings. The molecule has 0 rings (SSSR count). The monoisotopic (exact) mass is 255 g/mol. The molecule has 0 saturated carbocycles. The molecule has 0 N–H and O–H groups in total. The van der Waals surface area contributed by atoms with Gasteiger partial charge in [-0.15, -0.1) is 0 Å². The van der Waals surface area contributed by atoms with Crippen molar-refractivity contribution in [3.63, 3.8) is 0 Å². The van der Waals surface area contributed by atoms with Gasteiger partial charge >= 0.3 is 0 Å². The summed E-state index contributed by atoms with van der Waals surface area (Å²) in [7, 11) is 0. The lowest BCUT2D eigenvalue weighted by molar-refractivity contribution is 0.185. The predicted molar refractivity (Wildman–Crippen MR) is 82.8 cm³/mol. The lowest BCUT2D eigenvalue weighted by Crippen LogP contribution is -2.36. The van der Waals surface area contributed by atoms with Crippen LogP contribution in [0.2, 0.25) is 0 Å². The zero-order valence-electron chi connectivity index (χ0n) is 13.9. The Hall–Kier alpha value is -0.660. The summed E-state index contributed by atoms with van der Waals surface area (Å²) in [4.78, 5) is 10.4. The maximum Gasteiger partial charge on any atom is 0.0897 e. The molecular formula is C15H33N3. The van der Waals surface area contributed by atoms with Gasteiger partial charge in [0.05, 0.1) is 18.1 Å². The lowest BCUT2D eigenvalue weighted by Gasteiger charge is -2.28. The third kappa shape index (κ3) is 13.4. The first-order valence-corrected chi connectivity index (χ1v) is 7.12. The van der Waals surface area contributed by atoms with Gasteiger partial charge in [-0.2, -0.15) is 0 Å². The fourth-order valence-corrected chi connectivity index (χ4v) is 1.59. The van der Waals surface area contributed by atoms with Gasteiger partial charge in [0.25, 0.3) is 0 Å². The lowest BCUT2D eigenvalue weighted by atomic mass is 10.2. The van der Waals surface area contributed by atoms with Crippen LogP contribution in [0.3, 0.4) is 0 Å². The molecule has 3 nitrogen and oxygen atoms in total. The van der Waals surface area contributed by atoms with Crippen molar-refractivity contribution < 1.29 is 0 Å². The minimum Gasteiger partial charge on any atom is -0.299 e. The van der Waals surface area contributed by atoms with Crippen LogP contribution < -0.4 is 0 Å². The van der Waals surface area contributed by atoms with Crippen LogP contribution in [0.15, 0.2) is 9.98 Å². The average molecular weight is 255 g/mol. The van der Waals surface area contributed by atoms with Crippen LogP contribution >= 0.6 is 0 Å². The molecule has 0 aromatic heterocycles. The van der Waals surface area contributed by atoms with Gasteiger partial charge in [0.15, 0.2) is 0 Å². The molecule has 0 saturated heterocycles. The van der Waals surface area contributed by atoms with E-state index in [1.165, 1.54) is 0 Å². The first-order chi connectivity index (χ1) is 8.22. The van der Waals surface area contributed by atoms with Crippen LogP contribution in [0.25, 0.3) is 0 Å². The second kappa shape index (κ2) is 11.4. The summed E-state index contributed by atoms with van der Waals surface area (Å²) >= 11 is 0. The minimum absolute atomic E-state index is 0.312. The molecule has 0 aliphatic carbocycles. The Labute approximate surface area is 114 Å². The van der Waals surface area contributed by atoms with E-state index in [0.717, 1.165) is 6.54 Å². The largest absolute Gasteiger partial charge is 0.299 e. The first-order valence-electron chi connectivity index (χ1n) is 7.12. The molecule has 0 amide bonds. The zero-order chi connectivity index (χ0) is 14.7. The summed E-state index contributed by atoms with van der Waals surface area (Å²) in [6, 6.07) is 4.64. The van der Waals surface area contributed by atoms with Gasteiger partial charge < -0.3 is 0 Å². The predicted octanol–water partition coefficient (Wildman–Crippen LogP) is 4.10. The molecule has 108 valence electrons. The zero-order valence-corrected chi connectivity index (χ0v) is 13.9. The van der Waals surface area contributed by atoms with E-state index in [4.69, 9.17) is 0 Å². The van der Waals surface area contributed by atoms with Crippen molar-refractivity contribution in [1.29, 1.82) is 0 Å². The molecule has 0 aliphatic rings. The van der Waals surface area contributed by atoms with Crippen molar-refractivity contribution in [2.24, 2.45) is 9.98 Å². The molecule has 18 heavy (non-hydrogen) atoms. The Morgan fingerprint density at radius 2 is 1.11 bits per heavy atom. The van der Waals surface area contributed by atoms with E-state index < -0.39 is 0 Å². The maximum absolute atomic E-state index is 3.95. The van der Waals surface area contributed by atoms with Crippen molar-refractivity contribution in [3.05, 3.63) is 0 Å². The van der Waals surface area contributed by atoms with E-state index in [9.17, 15) is 0 Å². The van der Waals surface area contributed by atoms with Crippen LogP contribution in [0.1, 0.15) is 62.3 Å². The summed E-state index contributed by atoms with van der Waals surface area (Å²) < 4.78 is 0. The van der Waals surface area contributed by atoms with E-state index in [1.54, 1.807) is 0 Å². The topological polar surface area (TPSA) is 28.0 Å². The van der Waals surface area contributed by atoms with Crippen LogP contribution in [0, 0.1) is 0 Å². The Morgan fingerprint density at radius 1 is 0.778 bits per heavy atom. The van der Waals surface area contributed by atoms with Crippen molar-refractivity contribution >= 4 is 6.01 Å². The highest BCUT2D eigenvalue weighted by Crippen LogP contribution is 2.02. The smallest absolute Gasteiger partial charge is 0.0897 e. The van der Waals surface area contributed by atoms with Gasteiger partial charge in [0.2, 0.25) is 0 Å². The average Bonchev–Trinajstić information content (AvgIpc) is 2.16. The van der Waals surface area contributed by atoms with Gasteiger partial charge in [-0.25, -0.2) is 9.98 Å². The molecule has 0 heterocycles. The van der Waals surface area contributed by atoms with Crippen LogP contribution in [0.4, 0.5) is 0 Å². The number of hydrogen-bond acceptors (Lipinski definition) is 3. The Bertz CT molecular complexity index is 216. The number of aliphatic imine (C=N–C) groups is 2. The molecule has 0 unspecified atom stereocenters. The van der Waals surface area contributed by atoms with E-state index in [2.05, 4.69) is 55.5 Å². The second-order valence-electron chi connectivity index (χ2n) is 5.56. The Kier molecular flexibility index (Phi) is 12.5.